The number of carbonyl (C=O) groups is 2. The monoisotopic (exact) mass is 640 g/mol. The van der Waals surface area contributed by atoms with Crippen LogP contribution in [0.3, 0.4) is 0 Å². The standard InChI is InChI=1S/C29H29F9N2O4/c1-3-23(39-8-6-16(7-9-39)25(41)42)22-5-4-19(27(30,31)32)12-18(22)14-40-15(2)24(44-26(40)43)17-10-20(28(33,34)35)13-21(11-17)29(36,37)38/h4-5,10-13,15-16,23-24H,3,6-9,14H2,1-2H3,(H,41,42)/t15-,23?,24-/m0/s1. The summed E-state index contributed by atoms with van der Waals surface area (Å²) in [7, 11) is 0. The van der Waals surface area contributed by atoms with Crippen molar-refractivity contribution in [2.75, 3.05) is 13.1 Å². The number of alkyl halides is 9. The van der Waals surface area contributed by atoms with Gasteiger partial charge in [-0.25, -0.2) is 4.79 Å². The number of hydrogen-bond acceptors (Lipinski definition) is 4. The molecule has 2 aliphatic rings. The van der Waals surface area contributed by atoms with E-state index in [0.29, 0.717) is 50.0 Å². The predicted octanol–water partition coefficient (Wildman–Crippen LogP) is 8.07. The second kappa shape index (κ2) is 12.1. The third kappa shape index (κ3) is 7.08. The minimum absolute atomic E-state index is 0.0538. The highest BCUT2D eigenvalue weighted by atomic mass is 19.4. The molecule has 2 saturated heterocycles. The number of piperidine rings is 1. The Kier molecular flexibility index (Phi) is 9.21. The molecule has 0 radical (unpaired) electrons. The average molecular weight is 641 g/mol. The van der Waals surface area contributed by atoms with E-state index in [1.165, 1.54) is 13.0 Å². The molecule has 2 aliphatic heterocycles. The van der Waals surface area contributed by atoms with Gasteiger partial charge in [-0.15, -0.1) is 0 Å². The molecule has 2 heterocycles. The molecule has 1 N–H and O–H groups in total. The average Bonchev–Trinajstić information content (AvgIpc) is 3.21. The van der Waals surface area contributed by atoms with Gasteiger partial charge in [0, 0.05) is 12.6 Å². The summed E-state index contributed by atoms with van der Waals surface area (Å²) in [6.07, 6.45) is -16.6. The fourth-order valence-electron chi connectivity index (χ4n) is 5.86. The van der Waals surface area contributed by atoms with Gasteiger partial charge in [-0.3, -0.25) is 14.6 Å². The van der Waals surface area contributed by atoms with Crippen molar-refractivity contribution < 1.29 is 58.9 Å². The van der Waals surface area contributed by atoms with Crippen molar-refractivity contribution in [3.8, 4) is 0 Å². The number of carbonyl (C=O) groups excluding carboxylic acids is 1. The molecule has 2 aromatic rings. The summed E-state index contributed by atoms with van der Waals surface area (Å²) in [5, 5.41) is 9.33. The Morgan fingerprint density at radius 1 is 0.909 bits per heavy atom. The molecule has 4 rings (SSSR count). The molecule has 0 spiro atoms. The van der Waals surface area contributed by atoms with E-state index < -0.39 is 83.5 Å². The maximum absolute atomic E-state index is 13.7. The first kappa shape index (κ1) is 33.4. The lowest BCUT2D eigenvalue weighted by Gasteiger charge is -2.37. The van der Waals surface area contributed by atoms with Crippen LogP contribution in [0, 0.1) is 5.92 Å². The lowest BCUT2D eigenvalue weighted by Crippen LogP contribution is -2.39. The van der Waals surface area contributed by atoms with E-state index in [4.69, 9.17) is 4.74 Å². The van der Waals surface area contributed by atoms with Crippen LogP contribution in [0.2, 0.25) is 0 Å². The van der Waals surface area contributed by atoms with E-state index in [0.717, 1.165) is 17.0 Å². The summed E-state index contributed by atoms with van der Waals surface area (Å²) in [6.45, 7) is 3.37. The van der Waals surface area contributed by atoms with Crippen LogP contribution in [0.4, 0.5) is 44.3 Å². The Balaban J connectivity index is 1.69. The van der Waals surface area contributed by atoms with E-state index in [9.17, 15) is 54.2 Å². The molecule has 0 bridgehead atoms. The van der Waals surface area contributed by atoms with E-state index in [1.54, 1.807) is 6.92 Å². The van der Waals surface area contributed by atoms with Crippen LogP contribution in [0.5, 0.6) is 0 Å². The minimum Gasteiger partial charge on any atom is -0.481 e. The number of likely N-dealkylation sites (tertiary alicyclic amines) is 1. The van der Waals surface area contributed by atoms with Gasteiger partial charge in [0.05, 0.1) is 28.7 Å². The van der Waals surface area contributed by atoms with Gasteiger partial charge in [0.15, 0.2) is 0 Å². The summed E-state index contributed by atoms with van der Waals surface area (Å²) in [4.78, 5) is 27.2. The zero-order valence-corrected chi connectivity index (χ0v) is 23.5. The molecule has 6 nitrogen and oxygen atoms in total. The highest BCUT2D eigenvalue weighted by Crippen LogP contribution is 2.42. The smallest absolute Gasteiger partial charge is 0.416 e. The van der Waals surface area contributed by atoms with Crippen LogP contribution in [0.1, 0.15) is 78.6 Å². The molecular weight excluding hydrogens is 611 g/mol. The number of hydrogen-bond donors (Lipinski definition) is 1. The number of rotatable bonds is 7. The molecular formula is C29H29F9N2O4. The SMILES string of the molecule is CCC(c1ccc(C(F)(F)F)cc1CN1C(=O)O[C@H](c2cc(C(F)(F)F)cc(C(F)(F)F)c2)[C@@H]1C)N1CCC(C(=O)O)CC1. The summed E-state index contributed by atoms with van der Waals surface area (Å²) in [5.74, 6) is -1.49. The molecule has 0 aliphatic carbocycles. The molecule has 2 aromatic carbocycles. The Hall–Kier alpha value is -3.49. The van der Waals surface area contributed by atoms with Gasteiger partial charge < -0.3 is 9.84 Å². The number of benzene rings is 2. The van der Waals surface area contributed by atoms with Crippen LogP contribution in [-0.4, -0.2) is 46.1 Å². The first-order chi connectivity index (χ1) is 20.3. The van der Waals surface area contributed by atoms with Crippen LogP contribution in [-0.2, 0) is 34.6 Å². The summed E-state index contributed by atoms with van der Waals surface area (Å²) >= 11 is 0. The Morgan fingerprint density at radius 3 is 1.93 bits per heavy atom. The maximum Gasteiger partial charge on any atom is 0.416 e. The molecule has 3 atom stereocenters. The molecule has 44 heavy (non-hydrogen) atoms. The second-order valence-electron chi connectivity index (χ2n) is 11.0. The zero-order chi connectivity index (χ0) is 32.8. The zero-order valence-electron chi connectivity index (χ0n) is 23.5. The van der Waals surface area contributed by atoms with E-state index in [1.807, 2.05) is 4.90 Å². The van der Waals surface area contributed by atoms with Crippen LogP contribution < -0.4 is 0 Å². The molecule has 242 valence electrons. The third-order valence-electron chi connectivity index (χ3n) is 8.21. The van der Waals surface area contributed by atoms with Crippen molar-refractivity contribution in [1.29, 1.82) is 0 Å². The van der Waals surface area contributed by atoms with Crippen molar-refractivity contribution in [3.05, 3.63) is 69.8 Å². The van der Waals surface area contributed by atoms with Crippen molar-refractivity contribution >= 4 is 12.1 Å². The van der Waals surface area contributed by atoms with Gasteiger partial charge in [-0.2, -0.15) is 39.5 Å². The van der Waals surface area contributed by atoms with E-state index >= 15 is 0 Å². The van der Waals surface area contributed by atoms with Crippen molar-refractivity contribution in [3.63, 3.8) is 0 Å². The van der Waals surface area contributed by atoms with Crippen LogP contribution in [0.25, 0.3) is 0 Å². The molecule has 0 saturated carbocycles. The topological polar surface area (TPSA) is 70.1 Å². The van der Waals surface area contributed by atoms with Crippen molar-refractivity contribution in [1.82, 2.24) is 9.80 Å². The number of carboxylic acids is 1. The van der Waals surface area contributed by atoms with Crippen LogP contribution in [0.15, 0.2) is 36.4 Å². The number of carboxylic acid groups (broad SMARTS) is 1. The molecule has 1 unspecified atom stereocenters. The van der Waals surface area contributed by atoms with E-state index in [2.05, 4.69) is 0 Å². The quantitative estimate of drug-likeness (QED) is 0.310. The molecule has 2 fully saturated rings. The normalized spacial score (nSPS) is 21.4. The number of nitrogens with zero attached hydrogens (tertiary/aromatic N) is 2. The van der Waals surface area contributed by atoms with E-state index in [-0.39, 0.29) is 11.6 Å². The fraction of sp³-hybridized carbons (Fsp3) is 0.517. The Labute approximate surface area is 246 Å². The lowest BCUT2D eigenvalue weighted by molar-refractivity contribution is -0.144. The highest BCUT2D eigenvalue weighted by Gasteiger charge is 2.44. The minimum atomic E-state index is -5.14. The van der Waals surface area contributed by atoms with Gasteiger partial charge in [-0.05, 0) is 86.3 Å². The molecule has 1 amide bonds. The van der Waals surface area contributed by atoms with Gasteiger partial charge in [0.1, 0.15) is 6.10 Å². The van der Waals surface area contributed by atoms with Gasteiger partial charge in [0.25, 0.3) is 0 Å². The fourth-order valence-corrected chi connectivity index (χ4v) is 5.86. The largest absolute Gasteiger partial charge is 0.481 e. The van der Waals surface area contributed by atoms with Crippen molar-refractivity contribution in [2.45, 2.75) is 76.4 Å². The first-order valence-corrected chi connectivity index (χ1v) is 13.7. The number of halogens is 9. The second-order valence-corrected chi connectivity index (χ2v) is 11.0. The Bertz CT molecular complexity index is 1350. The van der Waals surface area contributed by atoms with Crippen LogP contribution >= 0.6 is 0 Å². The highest BCUT2D eigenvalue weighted by molar-refractivity contribution is 5.71. The van der Waals surface area contributed by atoms with Crippen molar-refractivity contribution in [2.24, 2.45) is 5.92 Å². The Morgan fingerprint density at radius 2 is 1.45 bits per heavy atom. The summed E-state index contributed by atoms with van der Waals surface area (Å²) in [6, 6.07) is 2.28. The third-order valence-corrected chi connectivity index (χ3v) is 8.21. The maximum atomic E-state index is 13.7. The number of ether oxygens (including phenoxy) is 1. The lowest BCUT2D eigenvalue weighted by atomic mass is 9.90. The summed E-state index contributed by atoms with van der Waals surface area (Å²) < 4.78 is 127. The van der Waals surface area contributed by atoms with Gasteiger partial charge >= 0.3 is 30.6 Å². The van der Waals surface area contributed by atoms with Gasteiger partial charge in [0.2, 0.25) is 0 Å². The molecule has 0 aromatic heterocycles. The predicted molar refractivity (Wildman–Crippen MR) is 137 cm³/mol. The molecule has 15 heteroatoms. The number of cyclic esters (lactones) is 1. The first-order valence-electron chi connectivity index (χ1n) is 13.7. The number of amides is 1. The van der Waals surface area contributed by atoms with Gasteiger partial charge in [-0.1, -0.05) is 13.0 Å². The number of aliphatic carboxylic acids is 1. The summed E-state index contributed by atoms with van der Waals surface area (Å²) in [5.41, 5.74) is -4.27.